The SMILES string of the molecule is CCCCC1CCCC1NC(=O)c1cccc(F)c1. The summed E-state index contributed by atoms with van der Waals surface area (Å²) in [4.78, 5) is 12.1. The maximum absolute atomic E-state index is 13.1. The molecule has 0 heterocycles. The summed E-state index contributed by atoms with van der Waals surface area (Å²) < 4.78 is 13.1. The molecule has 1 aliphatic rings. The molecule has 1 saturated carbocycles. The zero-order chi connectivity index (χ0) is 13.7. The maximum Gasteiger partial charge on any atom is 0.251 e. The van der Waals surface area contributed by atoms with Crippen molar-refractivity contribution in [1.82, 2.24) is 5.32 Å². The molecule has 0 bridgehead atoms. The summed E-state index contributed by atoms with van der Waals surface area (Å²) >= 11 is 0. The molecule has 2 atom stereocenters. The smallest absolute Gasteiger partial charge is 0.251 e. The van der Waals surface area contributed by atoms with Crippen molar-refractivity contribution in [2.24, 2.45) is 5.92 Å². The number of nitrogens with one attached hydrogen (secondary N) is 1. The van der Waals surface area contributed by atoms with E-state index in [9.17, 15) is 9.18 Å². The van der Waals surface area contributed by atoms with E-state index in [0.717, 1.165) is 6.42 Å². The third kappa shape index (κ3) is 3.79. The molecule has 1 N–H and O–H groups in total. The maximum atomic E-state index is 13.1. The fourth-order valence-corrected chi connectivity index (χ4v) is 2.92. The van der Waals surface area contributed by atoms with Gasteiger partial charge in [-0.3, -0.25) is 4.79 Å². The Morgan fingerprint density at radius 2 is 2.26 bits per heavy atom. The van der Waals surface area contributed by atoms with Gasteiger partial charge in [0.15, 0.2) is 0 Å². The lowest BCUT2D eigenvalue weighted by Gasteiger charge is -2.20. The molecule has 3 heteroatoms. The Morgan fingerprint density at radius 1 is 1.42 bits per heavy atom. The minimum atomic E-state index is -0.360. The van der Waals surface area contributed by atoms with Crippen molar-refractivity contribution in [1.29, 1.82) is 0 Å². The van der Waals surface area contributed by atoms with E-state index >= 15 is 0 Å². The van der Waals surface area contributed by atoms with E-state index < -0.39 is 0 Å². The van der Waals surface area contributed by atoms with Crippen LogP contribution in [0.15, 0.2) is 24.3 Å². The van der Waals surface area contributed by atoms with Gasteiger partial charge >= 0.3 is 0 Å². The van der Waals surface area contributed by atoms with E-state index in [2.05, 4.69) is 12.2 Å². The highest BCUT2D eigenvalue weighted by Gasteiger charge is 2.28. The van der Waals surface area contributed by atoms with Crippen LogP contribution in [0.25, 0.3) is 0 Å². The third-order valence-corrected chi connectivity index (χ3v) is 3.99. The molecule has 1 aromatic carbocycles. The van der Waals surface area contributed by atoms with Crippen molar-refractivity contribution in [2.45, 2.75) is 51.5 Å². The summed E-state index contributed by atoms with van der Waals surface area (Å²) in [5.41, 5.74) is 0.418. The topological polar surface area (TPSA) is 29.1 Å². The van der Waals surface area contributed by atoms with Crippen LogP contribution in [0.2, 0.25) is 0 Å². The summed E-state index contributed by atoms with van der Waals surface area (Å²) in [6.45, 7) is 2.19. The Balaban J connectivity index is 1.94. The van der Waals surface area contributed by atoms with Crippen molar-refractivity contribution in [2.75, 3.05) is 0 Å². The Hall–Kier alpha value is -1.38. The van der Waals surface area contributed by atoms with Crippen LogP contribution >= 0.6 is 0 Å². The number of carbonyl (C=O) groups is 1. The molecule has 0 aromatic heterocycles. The van der Waals surface area contributed by atoms with Gasteiger partial charge in [-0.15, -0.1) is 0 Å². The lowest BCUT2D eigenvalue weighted by molar-refractivity contribution is 0.0926. The lowest BCUT2D eigenvalue weighted by Crippen LogP contribution is -2.37. The van der Waals surface area contributed by atoms with Crippen LogP contribution in [-0.4, -0.2) is 11.9 Å². The van der Waals surface area contributed by atoms with Gasteiger partial charge in [0.05, 0.1) is 0 Å². The van der Waals surface area contributed by atoms with E-state index in [1.807, 2.05) is 0 Å². The molecule has 0 spiro atoms. The first-order valence-corrected chi connectivity index (χ1v) is 7.27. The van der Waals surface area contributed by atoms with Crippen LogP contribution in [0.3, 0.4) is 0 Å². The summed E-state index contributed by atoms with van der Waals surface area (Å²) in [6.07, 6.45) is 7.04. The summed E-state index contributed by atoms with van der Waals surface area (Å²) in [5.74, 6) is 0.0898. The normalized spacial score (nSPS) is 22.4. The molecule has 2 nitrogen and oxygen atoms in total. The third-order valence-electron chi connectivity index (χ3n) is 3.99. The van der Waals surface area contributed by atoms with E-state index in [-0.39, 0.29) is 17.8 Å². The largest absolute Gasteiger partial charge is 0.349 e. The number of benzene rings is 1. The molecular weight excluding hydrogens is 241 g/mol. The number of hydrogen-bond donors (Lipinski definition) is 1. The Morgan fingerprint density at radius 3 is 3.00 bits per heavy atom. The van der Waals surface area contributed by atoms with Gasteiger partial charge in [0, 0.05) is 11.6 Å². The zero-order valence-electron chi connectivity index (χ0n) is 11.5. The lowest BCUT2D eigenvalue weighted by atomic mass is 9.96. The molecule has 1 aromatic rings. The molecule has 0 saturated heterocycles. The average Bonchev–Trinajstić information content (AvgIpc) is 2.83. The van der Waals surface area contributed by atoms with Crippen molar-refractivity contribution in [3.8, 4) is 0 Å². The van der Waals surface area contributed by atoms with Crippen LogP contribution < -0.4 is 5.32 Å². The van der Waals surface area contributed by atoms with Gasteiger partial charge in [-0.05, 0) is 43.4 Å². The number of amides is 1. The van der Waals surface area contributed by atoms with Gasteiger partial charge in [-0.2, -0.15) is 0 Å². The summed E-state index contributed by atoms with van der Waals surface area (Å²) in [7, 11) is 0. The van der Waals surface area contributed by atoms with Crippen molar-refractivity contribution < 1.29 is 9.18 Å². The molecule has 104 valence electrons. The van der Waals surface area contributed by atoms with E-state index in [4.69, 9.17) is 0 Å². The molecule has 2 rings (SSSR count). The Kier molecular flexibility index (Phi) is 4.94. The van der Waals surface area contributed by atoms with Crippen LogP contribution in [0, 0.1) is 11.7 Å². The Bertz CT molecular complexity index is 433. The van der Waals surface area contributed by atoms with Gasteiger partial charge in [-0.25, -0.2) is 4.39 Å². The molecule has 2 unspecified atom stereocenters. The summed E-state index contributed by atoms with van der Waals surface area (Å²) in [6, 6.07) is 6.16. The van der Waals surface area contributed by atoms with E-state index in [1.54, 1.807) is 12.1 Å². The van der Waals surface area contributed by atoms with E-state index in [0.29, 0.717) is 11.5 Å². The first-order chi connectivity index (χ1) is 9.20. The van der Waals surface area contributed by atoms with Crippen LogP contribution in [0.5, 0.6) is 0 Å². The molecule has 0 aliphatic heterocycles. The molecule has 19 heavy (non-hydrogen) atoms. The predicted molar refractivity (Wildman–Crippen MR) is 74.5 cm³/mol. The van der Waals surface area contributed by atoms with Gasteiger partial charge in [0.25, 0.3) is 5.91 Å². The second-order valence-corrected chi connectivity index (χ2v) is 5.42. The summed E-state index contributed by atoms with van der Waals surface area (Å²) in [5, 5.41) is 3.08. The van der Waals surface area contributed by atoms with Crippen molar-refractivity contribution in [3.05, 3.63) is 35.6 Å². The first kappa shape index (κ1) is 14.0. The quantitative estimate of drug-likeness (QED) is 0.857. The predicted octanol–water partition coefficient (Wildman–Crippen LogP) is 3.91. The molecule has 0 radical (unpaired) electrons. The minimum absolute atomic E-state index is 0.145. The monoisotopic (exact) mass is 263 g/mol. The van der Waals surface area contributed by atoms with Crippen LogP contribution in [0.4, 0.5) is 4.39 Å². The second kappa shape index (κ2) is 6.69. The Labute approximate surface area is 114 Å². The molecular formula is C16H22FNO. The first-order valence-electron chi connectivity index (χ1n) is 7.27. The van der Waals surface area contributed by atoms with Crippen molar-refractivity contribution >= 4 is 5.91 Å². The second-order valence-electron chi connectivity index (χ2n) is 5.42. The van der Waals surface area contributed by atoms with E-state index in [1.165, 1.54) is 44.2 Å². The molecule has 1 fully saturated rings. The number of rotatable bonds is 5. The zero-order valence-corrected chi connectivity index (χ0v) is 11.5. The number of halogens is 1. The fraction of sp³-hybridized carbons (Fsp3) is 0.562. The van der Waals surface area contributed by atoms with Gasteiger partial charge in [0.2, 0.25) is 0 Å². The average molecular weight is 263 g/mol. The van der Waals surface area contributed by atoms with Crippen LogP contribution in [-0.2, 0) is 0 Å². The minimum Gasteiger partial charge on any atom is -0.349 e. The highest BCUT2D eigenvalue weighted by molar-refractivity contribution is 5.94. The van der Waals surface area contributed by atoms with Gasteiger partial charge < -0.3 is 5.32 Å². The van der Waals surface area contributed by atoms with Crippen molar-refractivity contribution in [3.63, 3.8) is 0 Å². The standard InChI is InChI=1S/C16H22FNO/c1-2-3-6-12-7-5-10-15(12)18-16(19)13-8-4-9-14(17)11-13/h4,8-9,11-12,15H,2-3,5-7,10H2,1H3,(H,18,19). The highest BCUT2D eigenvalue weighted by atomic mass is 19.1. The number of unbranched alkanes of at least 4 members (excludes halogenated alkanes) is 1. The van der Waals surface area contributed by atoms with Crippen LogP contribution in [0.1, 0.15) is 55.8 Å². The molecule has 1 amide bonds. The number of carbonyl (C=O) groups excluding carboxylic acids is 1. The highest BCUT2D eigenvalue weighted by Crippen LogP contribution is 2.30. The van der Waals surface area contributed by atoms with Gasteiger partial charge in [0.1, 0.15) is 5.82 Å². The number of hydrogen-bond acceptors (Lipinski definition) is 1. The fourth-order valence-electron chi connectivity index (χ4n) is 2.92. The molecule has 1 aliphatic carbocycles. The van der Waals surface area contributed by atoms with Gasteiger partial charge in [-0.1, -0.05) is 32.3 Å².